The fourth-order valence-corrected chi connectivity index (χ4v) is 1.84. The van der Waals surface area contributed by atoms with Gasteiger partial charge in [0.15, 0.2) is 0 Å². The zero-order valence-corrected chi connectivity index (χ0v) is 10.9. The summed E-state index contributed by atoms with van der Waals surface area (Å²) in [5, 5.41) is 12.3. The number of hydrogen-bond donors (Lipinski definition) is 2. The molecule has 0 heterocycles. The van der Waals surface area contributed by atoms with E-state index in [1.54, 1.807) is 0 Å². The van der Waals surface area contributed by atoms with E-state index in [2.05, 4.69) is 10.1 Å². The van der Waals surface area contributed by atoms with Crippen molar-refractivity contribution in [2.75, 3.05) is 13.6 Å². The minimum Gasteiger partial charge on any atom is -0.409 e. The lowest BCUT2D eigenvalue weighted by Gasteiger charge is -2.21. The number of hydrogen-bond acceptors (Lipinski definition) is 3. The summed E-state index contributed by atoms with van der Waals surface area (Å²) in [6, 6.07) is 7.73. The Kier molecular flexibility index (Phi) is 5.25. The molecule has 1 aromatic rings. The summed E-state index contributed by atoms with van der Waals surface area (Å²) in [7, 11) is 1.98. The van der Waals surface area contributed by atoms with E-state index in [9.17, 15) is 0 Å². The Morgan fingerprint density at radius 1 is 1.53 bits per heavy atom. The van der Waals surface area contributed by atoms with E-state index in [-0.39, 0.29) is 11.8 Å². The van der Waals surface area contributed by atoms with Crippen LogP contribution in [0.1, 0.15) is 12.5 Å². The van der Waals surface area contributed by atoms with Crippen molar-refractivity contribution >= 4 is 17.4 Å². The second-order valence-electron chi connectivity index (χ2n) is 4.21. The molecule has 0 saturated heterocycles. The van der Waals surface area contributed by atoms with Gasteiger partial charge >= 0.3 is 0 Å². The third-order valence-electron chi connectivity index (χ3n) is 2.60. The van der Waals surface area contributed by atoms with Gasteiger partial charge in [-0.3, -0.25) is 0 Å². The van der Waals surface area contributed by atoms with Crippen LogP contribution >= 0.6 is 11.6 Å². The molecule has 0 fully saturated rings. The lowest BCUT2D eigenvalue weighted by atomic mass is 10.1. The Balaban J connectivity index is 2.56. The zero-order chi connectivity index (χ0) is 12.8. The lowest BCUT2D eigenvalue weighted by Crippen LogP contribution is -2.32. The van der Waals surface area contributed by atoms with Crippen molar-refractivity contribution in [3.05, 3.63) is 34.9 Å². The first kappa shape index (κ1) is 13.8. The first-order valence-electron chi connectivity index (χ1n) is 5.44. The summed E-state index contributed by atoms with van der Waals surface area (Å²) in [5.74, 6) is 0.253. The van der Waals surface area contributed by atoms with Gasteiger partial charge in [0.2, 0.25) is 0 Å². The molecular weight excluding hydrogens is 238 g/mol. The quantitative estimate of drug-likeness (QED) is 0.367. The molecule has 0 amide bonds. The van der Waals surface area contributed by atoms with E-state index in [1.807, 2.05) is 38.2 Å². The fraction of sp³-hybridized carbons (Fsp3) is 0.417. The van der Waals surface area contributed by atoms with E-state index in [1.165, 1.54) is 0 Å². The molecule has 0 radical (unpaired) electrons. The maximum absolute atomic E-state index is 8.58. The van der Waals surface area contributed by atoms with E-state index < -0.39 is 0 Å². The standard InChI is InChI=1S/C12H18ClN3O/c1-9(12(14)15-17)7-16(2)8-10-5-3-4-6-11(10)13/h3-6,9,17H,7-8H2,1-2H3,(H2,14,15). The van der Waals surface area contributed by atoms with Gasteiger partial charge < -0.3 is 15.8 Å². The predicted octanol–water partition coefficient (Wildman–Crippen LogP) is 2.15. The van der Waals surface area contributed by atoms with E-state index in [4.69, 9.17) is 22.5 Å². The van der Waals surface area contributed by atoms with Crippen LogP contribution in [0.4, 0.5) is 0 Å². The number of nitrogens with zero attached hydrogens (tertiary/aromatic N) is 2. The number of halogens is 1. The summed E-state index contributed by atoms with van der Waals surface area (Å²) in [6.45, 7) is 3.36. The molecule has 0 aromatic heterocycles. The maximum Gasteiger partial charge on any atom is 0.143 e. The van der Waals surface area contributed by atoms with Gasteiger partial charge in [0.05, 0.1) is 0 Å². The smallest absolute Gasteiger partial charge is 0.143 e. The molecule has 3 N–H and O–H groups in total. The Labute approximate surface area is 107 Å². The SMILES string of the molecule is CC(CN(C)Cc1ccccc1Cl)C(N)=NO. The predicted molar refractivity (Wildman–Crippen MR) is 70.4 cm³/mol. The molecule has 1 rings (SSSR count). The van der Waals surface area contributed by atoms with Crippen LogP contribution in [0.2, 0.25) is 5.02 Å². The molecule has 0 saturated carbocycles. The molecule has 0 aliphatic rings. The minimum atomic E-state index is 0.00693. The number of rotatable bonds is 5. The van der Waals surface area contributed by atoms with Gasteiger partial charge in [0.25, 0.3) is 0 Å². The van der Waals surface area contributed by atoms with Crippen LogP contribution in [-0.4, -0.2) is 29.5 Å². The minimum absolute atomic E-state index is 0.00693. The van der Waals surface area contributed by atoms with Crippen molar-refractivity contribution in [2.45, 2.75) is 13.5 Å². The van der Waals surface area contributed by atoms with Gasteiger partial charge in [0.1, 0.15) is 5.84 Å². The average Bonchev–Trinajstić information content (AvgIpc) is 2.31. The Morgan fingerprint density at radius 2 is 2.18 bits per heavy atom. The van der Waals surface area contributed by atoms with Gasteiger partial charge in [0, 0.05) is 24.0 Å². The molecule has 0 aliphatic heterocycles. The molecule has 0 spiro atoms. The Hall–Kier alpha value is -1.26. The second-order valence-corrected chi connectivity index (χ2v) is 4.62. The topological polar surface area (TPSA) is 61.8 Å². The molecule has 1 unspecified atom stereocenters. The summed E-state index contributed by atoms with van der Waals surface area (Å²) >= 11 is 6.08. The molecule has 17 heavy (non-hydrogen) atoms. The van der Waals surface area contributed by atoms with Crippen molar-refractivity contribution in [3.63, 3.8) is 0 Å². The van der Waals surface area contributed by atoms with Crippen LogP contribution in [0.3, 0.4) is 0 Å². The van der Waals surface area contributed by atoms with E-state index >= 15 is 0 Å². The Bertz CT molecular complexity index is 395. The molecule has 0 aliphatic carbocycles. The molecule has 1 aromatic carbocycles. The van der Waals surface area contributed by atoms with Crippen LogP contribution in [0.25, 0.3) is 0 Å². The molecule has 94 valence electrons. The highest BCUT2D eigenvalue weighted by molar-refractivity contribution is 6.31. The van der Waals surface area contributed by atoms with Crippen molar-refractivity contribution in [1.29, 1.82) is 0 Å². The highest BCUT2D eigenvalue weighted by Crippen LogP contribution is 2.16. The third-order valence-corrected chi connectivity index (χ3v) is 2.97. The highest BCUT2D eigenvalue weighted by Gasteiger charge is 2.11. The van der Waals surface area contributed by atoms with Crippen molar-refractivity contribution in [3.8, 4) is 0 Å². The highest BCUT2D eigenvalue weighted by atomic mass is 35.5. The molecular formula is C12H18ClN3O. The fourth-order valence-electron chi connectivity index (χ4n) is 1.64. The van der Waals surface area contributed by atoms with Crippen LogP contribution < -0.4 is 5.73 Å². The lowest BCUT2D eigenvalue weighted by molar-refractivity contribution is 0.290. The summed E-state index contributed by atoms with van der Waals surface area (Å²) in [6.07, 6.45) is 0. The Morgan fingerprint density at radius 3 is 2.76 bits per heavy atom. The van der Waals surface area contributed by atoms with E-state index in [0.717, 1.165) is 17.1 Å². The molecule has 4 nitrogen and oxygen atoms in total. The number of nitrogens with two attached hydrogens (primary N) is 1. The van der Waals surface area contributed by atoms with Crippen molar-refractivity contribution < 1.29 is 5.21 Å². The van der Waals surface area contributed by atoms with Crippen molar-refractivity contribution in [2.24, 2.45) is 16.8 Å². The van der Waals surface area contributed by atoms with E-state index in [0.29, 0.717) is 6.54 Å². The number of oxime groups is 1. The second kappa shape index (κ2) is 6.47. The van der Waals surface area contributed by atoms with Gasteiger partial charge in [-0.1, -0.05) is 41.9 Å². The van der Waals surface area contributed by atoms with Gasteiger partial charge in [-0.05, 0) is 18.7 Å². The third kappa shape index (κ3) is 4.24. The van der Waals surface area contributed by atoms with Gasteiger partial charge in [-0.25, -0.2) is 0 Å². The van der Waals surface area contributed by atoms with Crippen LogP contribution in [-0.2, 0) is 6.54 Å². The average molecular weight is 256 g/mol. The zero-order valence-electron chi connectivity index (χ0n) is 10.1. The number of benzene rings is 1. The van der Waals surface area contributed by atoms with Crippen molar-refractivity contribution in [1.82, 2.24) is 4.90 Å². The molecule has 5 heteroatoms. The summed E-state index contributed by atoms with van der Waals surface area (Å²) in [4.78, 5) is 2.09. The molecule has 0 bridgehead atoms. The first-order chi connectivity index (χ1) is 8.04. The monoisotopic (exact) mass is 255 g/mol. The maximum atomic E-state index is 8.58. The van der Waals surface area contributed by atoms with Crippen LogP contribution in [0.15, 0.2) is 29.4 Å². The first-order valence-corrected chi connectivity index (χ1v) is 5.81. The molecule has 1 atom stereocenters. The summed E-state index contributed by atoms with van der Waals surface area (Å²) in [5.41, 5.74) is 6.61. The largest absolute Gasteiger partial charge is 0.409 e. The van der Waals surface area contributed by atoms with Gasteiger partial charge in [-0.2, -0.15) is 0 Å². The van der Waals surface area contributed by atoms with Gasteiger partial charge in [-0.15, -0.1) is 0 Å². The number of amidine groups is 1. The summed E-state index contributed by atoms with van der Waals surface area (Å²) < 4.78 is 0. The van der Waals surface area contributed by atoms with Crippen LogP contribution in [0, 0.1) is 5.92 Å². The normalized spacial score (nSPS) is 14.0. The van der Waals surface area contributed by atoms with Crippen LogP contribution in [0.5, 0.6) is 0 Å².